The highest BCUT2D eigenvalue weighted by Crippen LogP contribution is 2.21. The number of amides is 1. The minimum absolute atomic E-state index is 0.0904. The lowest BCUT2D eigenvalue weighted by molar-refractivity contribution is -0.116. The van der Waals surface area contributed by atoms with Crippen molar-refractivity contribution in [3.8, 4) is 5.88 Å². The second-order valence-corrected chi connectivity index (χ2v) is 5.56. The number of furan rings is 1. The molecule has 124 valence electrons. The molecule has 0 bridgehead atoms. The second-order valence-electron chi connectivity index (χ2n) is 5.56. The normalized spacial score (nSPS) is 10.8. The molecule has 0 aliphatic heterocycles. The minimum Gasteiger partial charge on any atom is -0.433 e. The van der Waals surface area contributed by atoms with Crippen LogP contribution in [-0.4, -0.2) is 39.5 Å². The molecule has 6 heteroatoms. The SMILES string of the molecule is CCN(CC)C(=O)c1ccc(-n2nc(C)c(CC(C)=O)c2C)o1. The van der Waals surface area contributed by atoms with Gasteiger partial charge in [-0.05, 0) is 40.7 Å². The maximum Gasteiger partial charge on any atom is 0.289 e. The molecule has 1 amide bonds. The molecule has 23 heavy (non-hydrogen) atoms. The zero-order valence-electron chi connectivity index (χ0n) is 14.3. The van der Waals surface area contributed by atoms with E-state index in [9.17, 15) is 9.59 Å². The summed E-state index contributed by atoms with van der Waals surface area (Å²) in [5.41, 5.74) is 2.56. The Morgan fingerprint density at radius 2 is 1.87 bits per heavy atom. The fraction of sp³-hybridized carbons (Fsp3) is 0.471. The van der Waals surface area contributed by atoms with E-state index in [0.717, 1.165) is 17.0 Å². The first-order valence-electron chi connectivity index (χ1n) is 7.83. The van der Waals surface area contributed by atoms with Crippen LogP contribution in [0.15, 0.2) is 16.5 Å². The third kappa shape index (κ3) is 3.36. The van der Waals surface area contributed by atoms with Crippen LogP contribution >= 0.6 is 0 Å². The van der Waals surface area contributed by atoms with Crippen molar-refractivity contribution in [1.82, 2.24) is 14.7 Å². The van der Waals surface area contributed by atoms with Crippen LogP contribution in [0.25, 0.3) is 5.88 Å². The molecule has 6 nitrogen and oxygen atoms in total. The van der Waals surface area contributed by atoms with Gasteiger partial charge in [-0.1, -0.05) is 0 Å². The molecule has 2 heterocycles. The number of aryl methyl sites for hydroxylation is 1. The molecule has 0 radical (unpaired) electrons. The van der Waals surface area contributed by atoms with Crippen LogP contribution in [0.5, 0.6) is 0 Å². The lowest BCUT2D eigenvalue weighted by atomic mass is 10.1. The zero-order valence-corrected chi connectivity index (χ0v) is 14.3. The highest BCUT2D eigenvalue weighted by molar-refractivity contribution is 5.91. The van der Waals surface area contributed by atoms with Crippen molar-refractivity contribution >= 4 is 11.7 Å². The third-order valence-corrected chi connectivity index (χ3v) is 3.93. The Morgan fingerprint density at radius 1 is 1.22 bits per heavy atom. The van der Waals surface area contributed by atoms with Gasteiger partial charge < -0.3 is 9.32 Å². The van der Waals surface area contributed by atoms with Gasteiger partial charge in [-0.25, -0.2) is 4.68 Å². The van der Waals surface area contributed by atoms with Crippen molar-refractivity contribution in [2.45, 2.75) is 41.0 Å². The van der Waals surface area contributed by atoms with E-state index in [0.29, 0.717) is 31.2 Å². The van der Waals surface area contributed by atoms with Gasteiger partial charge in [0.2, 0.25) is 5.88 Å². The molecule has 2 rings (SSSR count). The average molecular weight is 317 g/mol. The van der Waals surface area contributed by atoms with Gasteiger partial charge in [0, 0.05) is 36.8 Å². The Balaban J connectivity index is 2.34. The molecule has 0 saturated carbocycles. The molecular weight excluding hydrogens is 294 g/mol. The number of rotatable bonds is 6. The van der Waals surface area contributed by atoms with Gasteiger partial charge in [0.05, 0.1) is 5.69 Å². The average Bonchev–Trinajstić information content (AvgIpc) is 3.08. The van der Waals surface area contributed by atoms with Crippen molar-refractivity contribution in [1.29, 1.82) is 0 Å². The molecule has 0 aliphatic carbocycles. The summed E-state index contributed by atoms with van der Waals surface area (Å²) in [4.78, 5) is 25.4. The lowest BCUT2D eigenvalue weighted by Crippen LogP contribution is -2.30. The molecule has 2 aromatic heterocycles. The summed E-state index contributed by atoms with van der Waals surface area (Å²) < 4.78 is 7.34. The fourth-order valence-electron chi connectivity index (χ4n) is 2.62. The number of aromatic nitrogens is 2. The predicted molar refractivity (Wildman–Crippen MR) is 86.9 cm³/mol. The highest BCUT2D eigenvalue weighted by Gasteiger charge is 2.20. The van der Waals surface area contributed by atoms with E-state index >= 15 is 0 Å². The van der Waals surface area contributed by atoms with Gasteiger partial charge in [0.1, 0.15) is 5.78 Å². The Hall–Kier alpha value is -2.37. The summed E-state index contributed by atoms with van der Waals surface area (Å²) in [6, 6.07) is 3.39. The maximum absolute atomic E-state index is 12.3. The summed E-state index contributed by atoms with van der Waals surface area (Å²) in [5.74, 6) is 0.736. The van der Waals surface area contributed by atoms with E-state index in [-0.39, 0.29) is 11.7 Å². The smallest absolute Gasteiger partial charge is 0.289 e. The van der Waals surface area contributed by atoms with Crippen LogP contribution in [-0.2, 0) is 11.2 Å². The molecule has 0 aromatic carbocycles. The van der Waals surface area contributed by atoms with E-state index in [2.05, 4.69) is 5.10 Å². The largest absolute Gasteiger partial charge is 0.433 e. The molecular formula is C17H23N3O3. The first-order chi connectivity index (χ1) is 10.9. The molecule has 0 saturated heterocycles. The van der Waals surface area contributed by atoms with Crippen LogP contribution in [0.3, 0.4) is 0 Å². The van der Waals surface area contributed by atoms with E-state index in [1.165, 1.54) is 0 Å². The number of carbonyl (C=O) groups excluding carboxylic acids is 2. The number of hydrogen-bond acceptors (Lipinski definition) is 4. The van der Waals surface area contributed by atoms with Crippen LogP contribution in [0.2, 0.25) is 0 Å². The van der Waals surface area contributed by atoms with Gasteiger partial charge in [-0.3, -0.25) is 9.59 Å². The van der Waals surface area contributed by atoms with Gasteiger partial charge in [0.15, 0.2) is 5.76 Å². The molecule has 0 N–H and O–H groups in total. The quantitative estimate of drug-likeness (QED) is 0.821. The van der Waals surface area contributed by atoms with Gasteiger partial charge >= 0.3 is 0 Å². The predicted octanol–water partition coefficient (Wildman–Crippen LogP) is 2.70. The molecule has 0 unspecified atom stereocenters. The van der Waals surface area contributed by atoms with Crippen LogP contribution < -0.4 is 0 Å². The zero-order chi connectivity index (χ0) is 17.1. The summed E-state index contributed by atoms with van der Waals surface area (Å²) in [6.07, 6.45) is 0.351. The van der Waals surface area contributed by atoms with Gasteiger partial charge in [-0.15, -0.1) is 0 Å². The standard InChI is InChI=1S/C17H23N3O3/c1-6-19(7-2)17(22)15-8-9-16(23-15)20-13(5)14(10-11(3)21)12(4)18-20/h8-9H,6-7,10H2,1-5H3. The van der Waals surface area contributed by atoms with Crippen LogP contribution in [0.4, 0.5) is 0 Å². The van der Waals surface area contributed by atoms with Crippen LogP contribution in [0, 0.1) is 13.8 Å². The van der Waals surface area contributed by atoms with Crippen molar-refractivity contribution in [3.05, 3.63) is 34.8 Å². The lowest BCUT2D eigenvalue weighted by Gasteiger charge is -2.16. The number of ketones is 1. The summed E-state index contributed by atoms with van der Waals surface area (Å²) in [7, 11) is 0. The Kier molecular flexibility index (Phi) is 5.03. The number of carbonyl (C=O) groups is 2. The number of Topliss-reactive ketones (excluding diaryl/α,β-unsaturated/α-hetero) is 1. The van der Waals surface area contributed by atoms with E-state index in [1.54, 1.807) is 28.6 Å². The monoisotopic (exact) mass is 317 g/mol. The van der Waals surface area contributed by atoms with Crippen molar-refractivity contribution in [2.75, 3.05) is 13.1 Å². The molecule has 2 aromatic rings. The summed E-state index contributed by atoms with van der Waals surface area (Å²) >= 11 is 0. The van der Waals surface area contributed by atoms with Crippen LogP contribution in [0.1, 0.15) is 48.3 Å². The Bertz CT molecular complexity index is 724. The topological polar surface area (TPSA) is 68.3 Å². The first-order valence-corrected chi connectivity index (χ1v) is 7.83. The second kappa shape index (κ2) is 6.81. The summed E-state index contributed by atoms with van der Waals surface area (Å²) in [5, 5.41) is 4.44. The third-order valence-electron chi connectivity index (χ3n) is 3.93. The Labute approximate surface area is 136 Å². The van der Waals surface area contributed by atoms with E-state index < -0.39 is 0 Å². The minimum atomic E-state index is -0.133. The van der Waals surface area contributed by atoms with E-state index in [4.69, 9.17) is 4.42 Å². The molecule has 0 aliphatic rings. The van der Waals surface area contributed by atoms with Crippen molar-refractivity contribution in [3.63, 3.8) is 0 Å². The van der Waals surface area contributed by atoms with Crippen molar-refractivity contribution in [2.24, 2.45) is 0 Å². The maximum atomic E-state index is 12.3. The fourth-order valence-corrected chi connectivity index (χ4v) is 2.62. The first kappa shape index (κ1) is 17.0. The van der Waals surface area contributed by atoms with Crippen molar-refractivity contribution < 1.29 is 14.0 Å². The molecule has 0 fully saturated rings. The van der Waals surface area contributed by atoms with Gasteiger partial charge in [-0.2, -0.15) is 5.10 Å². The van der Waals surface area contributed by atoms with Gasteiger partial charge in [0.25, 0.3) is 5.91 Å². The number of nitrogens with zero attached hydrogens (tertiary/aromatic N) is 3. The Morgan fingerprint density at radius 3 is 2.43 bits per heavy atom. The molecule has 0 spiro atoms. The number of hydrogen-bond donors (Lipinski definition) is 0. The van der Waals surface area contributed by atoms with E-state index in [1.807, 2.05) is 27.7 Å². The highest BCUT2D eigenvalue weighted by atomic mass is 16.4. The molecule has 0 atom stereocenters. The summed E-state index contributed by atoms with van der Waals surface area (Å²) in [6.45, 7) is 10.5.